The van der Waals surface area contributed by atoms with Gasteiger partial charge in [-0.15, -0.1) is 0 Å². The molecule has 1 aromatic heterocycles. The van der Waals surface area contributed by atoms with Crippen LogP contribution < -0.4 is 0 Å². The molecule has 4 heteroatoms. The number of methoxy groups -OCH3 is 1. The number of carbonyl (C=O) groups is 1. The number of piperidine rings is 1. The first kappa shape index (κ1) is 13.7. The summed E-state index contributed by atoms with van der Waals surface area (Å²) in [7, 11) is 1.71. The van der Waals surface area contributed by atoms with Crippen LogP contribution in [0.25, 0.3) is 6.08 Å². The van der Waals surface area contributed by atoms with Gasteiger partial charge in [0, 0.05) is 38.7 Å². The van der Waals surface area contributed by atoms with Crippen LogP contribution in [0.4, 0.5) is 0 Å². The summed E-state index contributed by atoms with van der Waals surface area (Å²) in [5, 5.41) is 0. The standard InChI is InChI=1S/C15H20N2O2/c1-19-12-14-5-3-9-17(11-14)15(18)7-6-13-4-2-8-16-10-13/h2,4,6-8,10,14H,3,5,9,11-12H2,1H3/b7-6+/t14-/m0/s1. The van der Waals surface area contributed by atoms with Gasteiger partial charge in [-0.1, -0.05) is 6.07 Å². The number of aromatic nitrogens is 1. The fraction of sp³-hybridized carbons (Fsp3) is 0.467. The van der Waals surface area contributed by atoms with Gasteiger partial charge in [-0.3, -0.25) is 9.78 Å². The summed E-state index contributed by atoms with van der Waals surface area (Å²) in [5.41, 5.74) is 0.946. The van der Waals surface area contributed by atoms with E-state index < -0.39 is 0 Å². The summed E-state index contributed by atoms with van der Waals surface area (Å²) in [5.74, 6) is 0.541. The second kappa shape index (κ2) is 7.04. The molecular weight excluding hydrogens is 240 g/mol. The SMILES string of the molecule is COC[C@H]1CCCN(C(=O)/C=C/c2cccnc2)C1. The van der Waals surface area contributed by atoms with E-state index in [0.717, 1.165) is 38.1 Å². The number of hydrogen-bond donors (Lipinski definition) is 0. The molecular formula is C15H20N2O2. The van der Waals surface area contributed by atoms with Crippen LogP contribution in [-0.4, -0.2) is 42.6 Å². The number of likely N-dealkylation sites (tertiary alicyclic amines) is 1. The van der Waals surface area contributed by atoms with Crippen LogP contribution in [0.1, 0.15) is 18.4 Å². The third-order valence-electron chi connectivity index (χ3n) is 3.34. The van der Waals surface area contributed by atoms with Crippen LogP contribution >= 0.6 is 0 Å². The summed E-state index contributed by atoms with van der Waals surface area (Å²) >= 11 is 0. The summed E-state index contributed by atoms with van der Waals surface area (Å²) in [6, 6.07) is 3.79. The lowest BCUT2D eigenvalue weighted by Gasteiger charge is -2.31. The predicted molar refractivity (Wildman–Crippen MR) is 74.5 cm³/mol. The van der Waals surface area contributed by atoms with Crippen LogP contribution in [0.3, 0.4) is 0 Å². The van der Waals surface area contributed by atoms with Gasteiger partial charge in [-0.05, 0) is 36.5 Å². The van der Waals surface area contributed by atoms with Gasteiger partial charge in [0.1, 0.15) is 0 Å². The van der Waals surface area contributed by atoms with Gasteiger partial charge in [-0.2, -0.15) is 0 Å². The number of rotatable bonds is 4. The molecule has 0 radical (unpaired) electrons. The maximum Gasteiger partial charge on any atom is 0.246 e. The maximum absolute atomic E-state index is 12.1. The molecule has 19 heavy (non-hydrogen) atoms. The molecule has 4 nitrogen and oxygen atoms in total. The minimum atomic E-state index is 0.0738. The van der Waals surface area contributed by atoms with E-state index in [0.29, 0.717) is 5.92 Å². The Hall–Kier alpha value is -1.68. The zero-order chi connectivity index (χ0) is 13.5. The molecule has 2 rings (SSSR count). The van der Waals surface area contributed by atoms with Crippen molar-refractivity contribution in [2.75, 3.05) is 26.8 Å². The summed E-state index contributed by atoms with van der Waals surface area (Å²) in [6.45, 7) is 2.37. The van der Waals surface area contributed by atoms with Crippen molar-refractivity contribution in [3.8, 4) is 0 Å². The molecule has 1 amide bonds. The van der Waals surface area contributed by atoms with Crippen LogP contribution in [0, 0.1) is 5.92 Å². The van der Waals surface area contributed by atoms with Crippen molar-refractivity contribution in [3.63, 3.8) is 0 Å². The smallest absolute Gasteiger partial charge is 0.246 e. The number of hydrogen-bond acceptors (Lipinski definition) is 3. The molecule has 0 bridgehead atoms. The van der Waals surface area contributed by atoms with Gasteiger partial charge < -0.3 is 9.64 Å². The fourth-order valence-electron chi connectivity index (χ4n) is 2.38. The predicted octanol–water partition coefficient (Wildman–Crippen LogP) is 1.98. The minimum absolute atomic E-state index is 0.0738. The Morgan fingerprint density at radius 3 is 3.26 bits per heavy atom. The Kier molecular flexibility index (Phi) is 5.10. The van der Waals surface area contributed by atoms with E-state index in [9.17, 15) is 4.79 Å². The Balaban J connectivity index is 1.90. The van der Waals surface area contributed by atoms with Crippen LogP contribution in [0.15, 0.2) is 30.6 Å². The van der Waals surface area contributed by atoms with Gasteiger partial charge in [0.2, 0.25) is 5.91 Å². The molecule has 2 heterocycles. The van der Waals surface area contributed by atoms with Crippen molar-refractivity contribution in [2.24, 2.45) is 5.92 Å². The highest BCUT2D eigenvalue weighted by atomic mass is 16.5. The second-order valence-corrected chi connectivity index (χ2v) is 4.87. The van der Waals surface area contributed by atoms with Gasteiger partial charge >= 0.3 is 0 Å². The third kappa shape index (κ3) is 4.17. The minimum Gasteiger partial charge on any atom is -0.384 e. The highest BCUT2D eigenvalue weighted by Crippen LogP contribution is 2.17. The quantitative estimate of drug-likeness (QED) is 0.777. The molecule has 1 aliphatic heterocycles. The summed E-state index contributed by atoms with van der Waals surface area (Å²) < 4.78 is 5.17. The van der Waals surface area contributed by atoms with Crippen LogP contribution in [0.2, 0.25) is 0 Å². The highest BCUT2D eigenvalue weighted by molar-refractivity contribution is 5.91. The monoisotopic (exact) mass is 260 g/mol. The lowest BCUT2D eigenvalue weighted by Crippen LogP contribution is -2.40. The third-order valence-corrected chi connectivity index (χ3v) is 3.34. The molecule has 1 saturated heterocycles. The van der Waals surface area contributed by atoms with Crippen molar-refractivity contribution in [1.82, 2.24) is 9.88 Å². The van der Waals surface area contributed by atoms with Crippen molar-refractivity contribution in [1.29, 1.82) is 0 Å². The van der Waals surface area contributed by atoms with E-state index in [1.54, 1.807) is 25.6 Å². The number of ether oxygens (including phenoxy) is 1. The first-order chi connectivity index (χ1) is 9.29. The van der Waals surface area contributed by atoms with E-state index in [2.05, 4.69) is 4.98 Å². The average Bonchev–Trinajstić information content (AvgIpc) is 2.46. The molecule has 1 aliphatic rings. The zero-order valence-corrected chi connectivity index (χ0v) is 11.3. The maximum atomic E-state index is 12.1. The topological polar surface area (TPSA) is 42.4 Å². The summed E-state index contributed by atoms with van der Waals surface area (Å²) in [6.07, 6.45) is 9.11. The molecule has 1 atom stereocenters. The fourth-order valence-corrected chi connectivity index (χ4v) is 2.38. The number of nitrogens with zero attached hydrogens (tertiary/aromatic N) is 2. The van der Waals surface area contributed by atoms with Gasteiger partial charge in [0.25, 0.3) is 0 Å². The van der Waals surface area contributed by atoms with Gasteiger partial charge in [-0.25, -0.2) is 0 Å². The Labute approximate surface area is 114 Å². The lowest BCUT2D eigenvalue weighted by molar-refractivity contribution is -0.128. The lowest BCUT2D eigenvalue weighted by atomic mass is 9.99. The Bertz CT molecular complexity index is 429. The Morgan fingerprint density at radius 2 is 2.53 bits per heavy atom. The van der Waals surface area contributed by atoms with Crippen molar-refractivity contribution < 1.29 is 9.53 Å². The molecule has 0 unspecified atom stereocenters. The van der Waals surface area contributed by atoms with Gasteiger partial charge in [0.05, 0.1) is 6.61 Å². The zero-order valence-electron chi connectivity index (χ0n) is 11.3. The van der Waals surface area contributed by atoms with Crippen molar-refractivity contribution in [2.45, 2.75) is 12.8 Å². The first-order valence-electron chi connectivity index (χ1n) is 6.65. The largest absolute Gasteiger partial charge is 0.384 e. The molecule has 0 N–H and O–H groups in total. The van der Waals surface area contributed by atoms with E-state index in [1.165, 1.54) is 0 Å². The molecule has 0 spiro atoms. The molecule has 0 saturated carbocycles. The molecule has 1 fully saturated rings. The molecule has 102 valence electrons. The first-order valence-corrected chi connectivity index (χ1v) is 6.65. The number of amides is 1. The molecule has 0 aliphatic carbocycles. The van der Waals surface area contributed by atoms with E-state index in [-0.39, 0.29) is 5.91 Å². The van der Waals surface area contributed by atoms with Gasteiger partial charge in [0.15, 0.2) is 0 Å². The molecule has 1 aromatic rings. The van der Waals surface area contributed by atoms with E-state index in [1.807, 2.05) is 23.1 Å². The van der Waals surface area contributed by atoms with Crippen LogP contribution in [0.5, 0.6) is 0 Å². The normalized spacial score (nSPS) is 19.8. The second-order valence-electron chi connectivity index (χ2n) is 4.87. The Morgan fingerprint density at radius 1 is 1.63 bits per heavy atom. The summed E-state index contributed by atoms with van der Waals surface area (Å²) in [4.78, 5) is 18.0. The number of pyridine rings is 1. The van der Waals surface area contributed by atoms with Crippen molar-refractivity contribution >= 4 is 12.0 Å². The highest BCUT2D eigenvalue weighted by Gasteiger charge is 2.21. The van der Waals surface area contributed by atoms with Crippen LogP contribution in [-0.2, 0) is 9.53 Å². The van der Waals surface area contributed by atoms with E-state index in [4.69, 9.17) is 4.74 Å². The average molecular weight is 260 g/mol. The number of carbonyl (C=O) groups excluding carboxylic acids is 1. The van der Waals surface area contributed by atoms with Crippen molar-refractivity contribution in [3.05, 3.63) is 36.2 Å². The molecule has 0 aromatic carbocycles. The van der Waals surface area contributed by atoms with E-state index >= 15 is 0 Å².